The number of nitrogen functional groups attached to an aromatic ring is 1. The fraction of sp³-hybridized carbons (Fsp3) is 0.267. The van der Waals surface area contributed by atoms with Gasteiger partial charge in [-0.25, -0.2) is 4.98 Å². The first kappa shape index (κ1) is 12.4. The van der Waals surface area contributed by atoms with Crippen LogP contribution in [0.15, 0.2) is 42.6 Å². The van der Waals surface area contributed by atoms with E-state index in [1.54, 1.807) is 6.20 Å². The van der Waals surface area contributed by atoms with Crippen molar-refractivity contribution < 1.29 is 0 Å². The highest BCUT2D eigenvalue weighted by atomic mass is 15.0. The number of nitrogens with one attached hydrogen (secondary N) is 1. The SMILES string of the molecule is Cc1ccnc(NCCCc2ccccc2)c1N. The smallest absolute Gasteiger partial charge is 0.149 e. The van der Waals surface area contributed by atoms with Crippen molar-refractivity contribution in [1.29, 1.82) is 0 Å². The van der Waals surface area contributed by atoms with Crippen LogP contribution in [0.3, 0.4) is 0 Å². The van der Waals surface area contributed by atoms with Crippen molar-refractivity contribution in [3.8, 4) is 0 Å². The zero-order valence-corrected chi connectivity index (χ0v) is 10.7. The predicted octanol–water partition coefficient (Wildman–Crippen LogP) is 3.02. The van der Waals surface area contributed by atoms with Crippen LogP contribution in [0.25, 0.3) is 0 Å². The van der Waals surface area contributed by atoms with E-state index in [9.17, 15) is 0 Å². The van der Waals surface area contributed by atoms with Crippen LogP contribution in [0, 0.1) is 6.92 Å². The van der Waals surface area contributed by atoms with Crippen molar-refractivity contribution in [2.75, 3.05) is 17.6 Å². The molecule has 0 spiro atoms. The number of aromatic nitrogens is 1. The molecule has 3 nitrogen and oxygen atoms in total. The maximum atomic E-state index is 5.95. The quantitative estimate of drug-likeness (QED) is 0.791. The average molecular weight is 241 g/mol. The highest BCUT2D eigenvalue weighted by Gasteiger charge is 2.01. The molecular formula is C15H19N3. The summed E-state index contributed by atoms with van der Waals surface area (Å²) in [6.45, 7) is 2.88. The summed E-state index contributed by atoms with van der Waals surface area (Å²) < 4.78 is 0. The largest absolute Gasteiger partial charge is 0.396 e. The first-order valence-corrected chi connectivity index (χ1v) is 6.26. The number of pyridine rings is 1. The maximum Gasteiger partial charge on any atom is 0.149 e. The molecule has 1 heterocycles. The molecule has 0 saturated carbocycles. The van der Waals surface area contributed by atoms with Gasteiger partial charge in [-0.1, -0.05) is 30.3 Å². The minimum Gasteiger partial charge on any atom is -0.396 e. The Bertz CT molecular complexity index is 494. The molecule has 1 aromatic carbocycles. The Hall–Kier alpha value is -2.03. The zero-order valence-electron chi connectivity index (χ0n) is 10.7. The van der Waals surface area contributed by atoms with E-state index in [0.717, 1.165) is 36.5 Å². The lowest BCUT2D eigenvalue weighted by atomic mass is 10.1. The van der Waals surface area contributed by atoms with Crippen molar-refractivity contribution in [2.45, 2.75) is 19.8 Å². The lowest BCUT2D eigenvalue weighted by molar-refractivity contribution is 0.859. The molecule has 0 unspecified atom stereocenters. The van der Waals surface area contributed by atoms with Crippen LogP contribution in [0.2, 0.25) is 0 Å². The summed E-state index contributed by atoms with van der Waals surface area (Å²) in [7, 11) is 0. The lowest BCUT2D eigenvalue weighted by Gasteiger charge is -2.09. The number of benzene rings is 1. The van der Waals surface area contributed by atoms with E-state index >= 15 is 0 Å². The minimum atomic E-state index is 0.747. The normalized spacial score (nSPS) is 10.3. The van der Waals surface area contributed by atoms with Gasteiger partial charge >= 0.3 is 0 Å². The highest BCUT2D eigenvalue weighted by molar-refractivity contribution is 5.64. The number of hydrogen-bond acceptors (Lipinski definition) is 3. The molecule has 3 N–H and O–H groups in total. The summed E-state index contributed by atoms with van der Waals surface area (Å²) >= 11 is 0. The summed E-state index contributed by atoms with van der Waals surface area (Å²) in [5.74, 6) is 0.795. The van der Waals surface area contributed by atoms with Gasteiger partial charge in [0, 0.05) is 12.7 Å². The van der Waals surface area contributed by atoms with E-state index < -0.39 is 0 Å². The molecule has 0 saturated heterocycles. The Morgan fingerprint density at radius 2 is 1.94 bits per heavy atom. The van der Waals surface area contributed by atoms with E-state index in [-0.39, 0.29) is 0 Å². The van der Waals surface area contributed by atoms with E-state index in [1.807, 2.05) is 19.1 Å². The zero-order chi connectivity index (χ0) is 12.8. The fourth-order valence-electron chi connectivity index (χ4n) is 1.85. The van der Waals surface area contributed by atoms with Gasteiger partial charge in [0.05, 0.1) is 5.69 Å². The van der Waals surface area contributed by atoms with Crippen LogP contribution >= 0.6 is 0 Å². The third-order valence-electron chi connectivity index (χ3n) is 2.99. The third kappa shape index (κ3) is 3.23. The van der Waals surface area contributed by atoms with Gasteiger partial charge in [0.25, 0.3) is 0 Å². The van der Waals surface area contributed by atoms with Crippen LogP contribution in [-0.2, 0) is 6.42 Å². The van der Waals surface area contributed by atoms with Crippen LogP contribution in [0.4, 0.5) is 11.5 Å². The molecule has 1 aromatic heterocycles. The number of nitrogens with zero attached hydrogens (tertiary/aromatic N) is 1. The van der Waals surface area contributed by atoms with Crippen molar-refractivity contribution in [2.24, 2.45) is 0 Å². The second-order valence-corrected chi connectivity index (χ2v) is 4.41. The molecule has 0 aliphatic carbocycles. The maximum absolute atomic E-state index is 5.95. The molecule has 0 atom stereocenters. The molecule has 0 fully saturated rings. The highest BCUT2D eigenvalue weighted by Crippen LogP contribution is 2.18. The van der Waals surface area contributed by atoms with E-state index in [1.165, 1.54) is 5.56 Å². The number of rotatable bonds is 5. The molecule has 3 heteroatoms. The van der Waals surface area contributed by atoms with Gasteiger partial charge < -0.3 is 11.1 Å². The van der Waals surface area contributed by atoms with Gasteiger partial charge in [0.2, 0.25) is 0 Å². The Balaban J connectivity index is 1.81. The van der Waals surface area contributed by atoms with Gasteiger partial charge in [-0.15, -0.1) is 0 Å². The molecule has 2 aromatic rings. The molecule has 0 aliphatic rings. The Labute approximate surface area is 108 Å². The van der Waals surface area contributed by atoms with Crippen LogP contribution in [-0.4, -0.2) is 11.5 Å². The van der Waals surface area contributed by atoms with Crippen molar-refractivity contribution in [3.63, 3.8) is 0 Å². The summed E-state index contributed by atoms with van der Waals surface area (Å²) in [5.41, 5.74) is 9.13. The Morgan fingerprint density at radius 1 is 1.17 bits per heavy atom. The van der Waals surface area contributed by atoms with Gasteiger partial charge in [0.15, 0.2) is 0 Å². The van der Waals surface area contributed by atoms with Gasteiger partial charge in [-0.3, -0.25) is 0 Å². The summed E-state index contributed by atoms with van der Waals surface area (Å²) in [6, 6.07) is 12.4. The van der Waals surface area contributed by atoms with E-state index in [0.29, 0.717) is 0 Å². The lowest BCUT2D eigenvalue weighted by Crippen LogP contribution is -2.07. The first-order valence-electron chi connectivity index (χ1n) is 6.26. The predicted molar refractivity (Wildman–Crippen MR) is 76.6 cm³/mol. The van der Waals surface area contributed by atoms with Crippen LogP contribution < -0.4 is 11.1 Å². The van der Waals surface area contributed by atoms with Gasteiger partial charge in [-0.2, -0.15) is 0 Å². The van der Waals surface area contributed by atoms with Gasteiger partial charge in [-0.05, 0) is 37.0 Å². The average Bonchev–Trinajstić information content (AvgIpc) is 2.40. The second kappa shape index (κ2) is 6.05. The monoisotopic (exact) mass is 241 g/mol. The van der Waals surface area contributed by atoms with Crippen LogP contribution in [0.5, 0.6) is 0 Å². The molecule has 0 radical (unpaired) electrons. The molecule has 2 rings (SSSR count). The third-order valence-corrected chi connectivity index (χ3v) is 2.99. The second-order valence-electron chi connectivity index (χ2n) is 4.41. The Kier molecular flexibility index (Phi) is 4.18. The van der Waals surface area contributed by atoms with Crippen molar-refractivity contribution in [1.82, 2.24) is 4.98 Å². The summed E-state index contributed by atoms with van der Waals surface area (Å²) in [5, 5.41) is 3.29. The van der Waals surface area contributed by atoms with E-state index in [4.69, 9.17) is 5.73 Å². The minimum absolute atomic E-state index is 0.747. The van der Waals surface area contributed by atoms with E-state index in [2.05, 4.69) is 34.6 Å². The standard InChI is InChI=1S/C15H19N3/c1-12-9-11-18-15(14(12)16)17-10-5-8-13-6-3-2-4-7-13/h2-4,6-7,9,11H,5,8,10,16H2,1H3,(H,17,18). The number of aryl methyl sites for hydroxylation is 2. The molecule has 94 valence electrons. The Morgan fingerprint density at radius 3 is 2.72 bits per heavy atom. The number of anilines is 2. The fourth-order valence-corrected chi connectivity index (χ4v) is 1.85. The van der Waals surface area contributed by atoms with Gasteiger partial charge in [0.1, 0.15) is 5.82 Å². The number of hydrogen-bond donors (Lipinski definition) is 2. The topological polar surface area (TPSA) is 50.9 Å². The summed E-state index contributed by atoms with van der Waals surface area (Å²) in [4.78, 5) is 4.25. The molecule has 18 heavy (non-hydrogen) atoms. The summed E-state index contributed by atoms with van der Waals surface area (Å²) in [6.07, 6.45) is 3.92. The molecule has 0 bridgehead atoms. The first-order chi connectivity index (χ1) is 8.77. The molecule has 0 amide bonds. The van der Waals surface area contributed by atoms with Crippen molar-refractivity contribution in [3.05, 3.63) is 53.7 Å². The van der Waals surface area contributed by atoms with Crippen LogP contribution in [0.1, 0.15) is 17.5 Å². The van der Waals surface area contributed by atoms with Crippen molar-refractivity contribution >= 4 is 11.5 Å². The molecular weight excluding hydrogens is 222 g/mol. The molecule has 0 aliphatic heterocycles. The number of nitrogens with two attached hydrogens (primary N) is 1.